The Labute approximate surface area is 103 Å². The Morgan fingerprint density at radius 3 is 2.88 bits per heavy atom. The number of anilines is 1. The van der Waals surface area contributed by atoms with Crippen LogP contribution in [0.5, 0.6) is 0 Å². The molecule has 1 aromatic carbocycles. The third-order valence-electron chi connectivity index (χ3n) is 4.10. The van der Waals surface area contributed by atoms with Gasteiger partial charge in [-0.2, -0.15) is 0 Å². The monoisotopic (exact) mass is 229 g/mol. The maximum absolute atomic E-state index is 12.4. The van der Waals surface area contributed by atoms with Gasteiger partial charge < -0.3 is 4.90 Å². The molecule has 17 heavy (non-hydrogen) atoms. The molecule has 1 aliphatic carbocycles. The van der Waals surface area contributed by atoms with Crippen molar-refractivity contribution in [2.75, 3.05) is 4.90 Å². The average Bonchev–Trinajstić information content (AvgIpc) is 2.84. The van der Waals surface area contributed by atoms with E-state index in [2.05, 4.69) is 43.9 Å². The number of fused-ring (bicyclic) bond motifs is 3. The Hall–Kier alpha value is -1.31. The van der Waals surface area contributed by atoms with E-state index in [1.165, 1.54) is 5.56 Å². The molecular weight excluding hydrogens is 210 g/mol. The van der Waals surface area contributed by atoms with Gasteiger partial charge in [-0.3, -0.25) is 4.79 Å². The van der Waals surface area contributed by atoms with Crippen LogP contribution in [0.2, 0.25) is 0 Å². The summed E-state index contributed by atoms with van der Waals surface area (Å²) in [7, 11) is 0. The standard InChI is InChI=1S/C15H19NO/c1-10(2)8-14(17)16-13-7-5-4-6-11(13)12-9-15(12,16)3/h4-7,10,12H,8-9H2,1-3H3. The summed E-state index contributed by atoms with van der Waals surface area (Å²) in [6.07, 6.45) is 1.78. The fourth-order valence-electron chi connectivity index (χ4n) is 3.17. The second kappa shape index (κ2) is 3.34. The van der Waals surface area contributed by atoms with Crippen LogP contribution in [0.15, 0.2) is 24.3 Å². The minimum absolute atomic E-state index is 0.0790. The number of benzene rings is 1. The van der Waals surface area contributed by atoms with E-state index >= 15 is 0 Å². The van der Waals surface area contributed by atoms with E-state index in [-0.39, 0.29) is 11.4 Å². The molecule has 1 saturated carbocycles. The predicted octanol–water partition coefficient (Wildman–Crippen LogP) is 3.33. The molecule has 1 aromatic rings. The van der Waals surface area contributed by atoms with Gasteiger partial charge in [0, 0.05) is 18.0 Å². The van der Waals surface area contributed by atoms with Gasteiger partial charge in [-0.15, -0.1) is 0 Å². The van der Waals surface area contributed by atoms with Gasteiger partial charge in [0.15, 0.2) is 0 Å². The molecule has 0 spiro atoms. The first-order valence-corrected chi connectivity index (χ1v) is 6.46. The summed E-state index contributed by atoms with van der Waals surface area (Å²) in [5.41, 5.74) is 2.60. The van der Waals surface area contributed by atoms with E-state index in [0.717, 1.165) is 12.1 Å². The van der Waals surface area contributed by atoms with Crippen LogP contribution in [0.25, 0.3) is 0 Å². The molecule has 2 unspecified atom stereocenters. The molecule has 2 aliphatic rings. The number of hydrogen-bond donors (Lipinski definition) is 0. The zero-order valence-electron chi connectivity index (χ0n) is 10.7. The highest BCUT2D eigenvalue weighted by molar-refractivity contribution is 5.99. The van der Waals surface area contributed by atoms with Crippen LogP contribution in [0.4, 0.5) is 5.69 Å². The van der Waals surface area contributed by atoms with Crippen LogP contribution in [-0.2, 0) is 4.79 Å². The molecule has 0 N–H and O–H groups in total. The summed E-state index contributed by atoms with van der Waals surface area (Å²) >= 11 is 0. The smallest absolute Gasteiger partial charge is 0.227 e. The lowest BCUT2D eigenvalue weighted by Gasteiger charge is -2.27. The minimum Gasteiger partial charge on any atom is -0.306 e. The fraction of sp³-hybridized carbons (Fsp3) is 0.533. The SMILES string of the molecule is CC(C)CC(=O)N1c2ccccc2C2CC21C. The van der Waals surface area contributed by atoms with Gasteiger partial charge in [-0.25, -0.2) is 0 Å². The normalized spacial score (nSPS) is 29.2. The number of carbonyl (C=O) groups is 1. The van der Waals surface area contributed by atoms with Crippen molar-refractivity contribution in [2.45, 2.75) is 45.1 Å². The van der Waals surface area contributed by atoms with E-state index in [1.54, 1.807) is 0 Å². The molecule has 3 rings (SSSR count). The van der Waals surface area contributed by atoms with E-state index in [0.29, 0.717) is 18.3 Å². The molecule has 1 fully saturated rings. The Morgan fingerprint density at radius 2 is 2.18 bits per heavy atom. The predicted molar refractivity (Wildman–Crippen MR) is 69.1 cm³/mol. The summed E-state index contributed by atoms with van der Waals surface area (Å²) in [6, 6.07) is 8.37. The molecule has 0 saturated heterocycles. The topological polar surface area (TPSA) is 20.3 Å². The van der Waals surface area contributed by atoms with Crippen LogP contribution in [0.3, 0.4) is 0 Å². The number of rotatable bonds is 2. The molecule has 0 radical (unpaired) electrons. The quantitative estimate of drug-likeness (QED) is 0.761. The van der Waals surface area contributed by atoms with E-state index in [9.17, 15) is 4.79 Å². The zero-order chi connectivity index (χ0) is 12.2. The van der Waals surface area contributed by atoms with E-state index in [4.69, 9.17) is 0 Å². The molecule has 0 bridgehead atoms. The summed E-state index contributed by atoms with van der Waals surface area (Å²) in [5, 5.41) is 0. The third-order valence-corrected chi connectivity index (χ3v) is 4.10. The lowest BCUT2D eigenvalue weighted by Crippen LogP contribution is -2.39. The lowest BCUT2D eigenvalue weighted by molar-refractivity contribution is -0.119. The van der Waals surface area contributed by atoms with E-state index in [1.807, 2.05) is 6.07 Å². The number of carbonyl (C=O) groups excluding carboxylic acids is 1. The molecule has 1 aliphatic heterocycles. The number of hydrogen-bond acceptors (Lipinski definition) is 1. The average molecular weight is 229 g/mol. The van der Waals surface area contributed by atoms with Crippen molar-refractivity contribution in [3.8, 4) is 0 Å². The third kappa shape index (κ3) is 1.43. The molecule has 2 atom stereocenters. The summed E-state index contributed by atoms with van der Waals surface area (Å²) in [6.45, 7) is 6.43. The summed E-state index contributed by atoms with van der Waals surface area (Å²) in [5.74, 6) is 1.29. The summed E-state index contributed by atoms with van der Waals surface area (Å²) in [4.78, 5) is 14.4. The second-order valence-electron chi connectivity index (χ2n) is 6.00. The van der Waals surface area contributed by atoms with Crippen molar-refractivity contribution in [3.63, 3.8) is 0 Å². The first-order valence-electron chi connectivity index (χ1n) is 6.46. The number of amides is 1. The van der Waals surface area contributed by atoms with E-state index < -0.39 is 0 Å². The number of nitrogens with zero attached hydrogens (tertiary/aromatic N) is 1. The Kier molecular flexibility index (Phi) is 2.13. The first-order chi connectivity index (χ1) is 8.04. The van der Waals surface area contributed by atoms with Crippen molar-refractivity contribution in [1.82, 2.24) is 0 Å². The molecular formula is C15H19NO. The van der Waals surface area contributed by atoms with Crippen LogP contribution in [0.1, 0.15) is 45.1 Å². The van der Waals surface area contributed by atoms with Gasteiger partial charge in [0.2, 0.25) is 5.91 Å². The van der Waals surface area contributed by atoms with Crippen molar-refractivity contribution >= 4 is 11.6 Å². The molecule has 0 aromatic heterocycles. The molecule has 90 valence electrons. The highest BCUT2D eigenvalue weighted by Crippen LogP contribution is 2.64. The number of para-hydroxylation sites is 1. The highest BCUT2D eigenvalue weighted by Gasteiger charge is 2.62. The van der Waals surface area contributed by atoms with Crippen LogP contribution in [-0.4, -0.2) is 11.4 Å². The zero-order valence-corrected chi connectivity index (χ0v) is 10.7. The van der Waals surface area contributed by atoms with Gasteiger partial charge in [0.1, 0.15) is 0 Å². The van der Waals surface area contributed by atoms with Gasteiger partial charge >= 0.3 is 0 Å². The maximum Gasteiger partial charge on any atom is 0.227 e. The van der Waals surface area contributed by atoms with Crippen molar-refractivity contribution in [3.05, 3.63) is 29.8 Å². The largest absolute Gasteiger partial charge is 0.306 e. The molecule has 2 nitrogen and oxygen atoms in total. The van der Waals surface area contributed by atoms with Gasteiger partial charge in [0.05, 0.1) is 5.54 Å². The van der Waals surface area contributed by atoms with Gasteiger partial charge in [0.25, 0.3) is 0 Å². The first kappa shape index (κ1) is 10.8. The van der Waals surface area contributed by atoms with Gasteiger partial charge in [-0.05, 0) is 30.9 Å². The van der Waals surface area contributed by atoms with Crippen molar-refractivity contribution < 1.29 is 4.79 Å². The highest BCUT2D eigenvalue weighted by atomic mass is 16.2. The van der Waals surface area contributed by atoms with Crippen molar-refractivity contribution in [1.29, 1.82) is 0 Å². The fourth-order valence-corrected chi connectivity index (χ4v) is 3.17. The maximum atomic E-state index is 12.4. The lowest BCUT2D eigenvalue weighted by atomic mass is 10.1. The summed E-state index contributed by atoms with van der Waals surface area (Å²) < 4.78 is 0. The molecule has 2 heteroatoms. The Balaban J connectivity index is 1.97. The molecule has 1 amide bonds. The van der Waals surface area contributed by atoms with Crippen molar-refractivity contribution in [2.24, 2.45) is 5.92 Å². The second-order valence-corrected chi connectivity index (χ2v) is 6.00. The van der Waals surface area contributed by atoms with Gasteiger partial charge in [-0.1, -0.05) is 32.0 Å². The Morgan fingerprint density at radius 1 is 1.47 bits per heavy atom. The van der Waals surface area contributed by atoms with Crippen LogP contribution in [0, 0.1) is 5.92 Å². The Bertz CT molecular complexity index is 480. The molecule has 1 heterocycles. The minimum atomic E-state index is 0.0790. The van der Waals surface area contributed by atoms with Crippen LogP contribution < -0.4 is 4.90 Å². The van der Waals surface area contributed by atoms with Crippen LogP contribution >= 0.6 is 0 Å².